The number of carbonyl (C=O) groups excluding carboxylic acids is 2. The third-order valence-corrected chi connectivity index (χ3v) is 3.88. The number of benzene rings is 2. The quantitative estimate of drug-likeness (QED) is 0.432. The van der Waals surface area contributed by atoms with Crippen molar-refractivity contribution in [2.24, 2.45) is 0 Å². The molecule has 28 heavy (non-hydrogen) atoms. The lowest BCUT2D eigenvalue weighted by Gasteiger charge is -2.11. The Hall–Kier alpha value is -3.59. The fourth-order valence-corrected chi connectivity index (χ4v) is 2.54. The zero-order chi connectivity index (χ0) is 20.5. The van der Waals surface area contributed by atoms with Gasteiger partial charge >= 0.3 is 0 Å². The molecule has 2 aromatic carbocycles. The molecule has 0 fully saturated rings. The molecule has 0 aliphatic rings. The monoisotopic (exact) mass is 378 g/mol. The normalized spacial score (nSPS) is 10.7. The standard InChI is InChI=1S/C22H22N2O4/c1-4-24-21(25)14-28-19-9-8-16(12-20(19)27-3)11-18(13-23)22(26)17-7-5-6-15(2)10-17/h5-12H,4,14H2,1-3H3,(H,24,25)/b18-11+. The van der Waals surface area contributed by atoms with Gasteiger partial charge in [0.25, 0.3) is 5.91 Å². The second-order valence-electron chi connectivity index (χ2n) is 6.02. The summed E-state index contributed by atoms with van der Waals surface area (Å²) in [5.41, 5.74) is 2.03. The van der Waals surface area contributed by atoms with Crippen molar-refractivity contribution in [3.63, 3.8) is 0 Å². The van der Waals surface area contributed by atoms with Crippen molar-refractivity contribution in [1.82, 2.24) is 5.32 Å². The third-order valence-electron chi connectivity index (χ3n) is 3.88. The number of methoxy groups -OCH3 is 1. The van der Waals surface area contributed by atoms with Gasteiger partial charge in [0.05, 0.1) is 7.11 Å². The summed E-state index contributed by atoms with van der Waals surface area (Å²) in [4.78, 5) is 24.1. The van der Waals surface area contributed by atoms with Gasteiger partial charge in [0.1, 0.15) is 11.6 Å². The molecule has 1 N–H and O–H groups in total. The number of ether oxygens (including phenoxy) is 2. The van der Waals surface area contributed by atoms with Crippen LogP contribution in [0.5, 0.6) is 11.5 Å². The zero-order valence-electron chi connectivity index (χ0n) is 16.1. The predicted molar refractivity (Wildman–Crippen MR) is 106 cm³/mol. The molecule has 0 atom stereocenters. The highest BCUT2D eigenvalue weighted by Gasteiger charge is 2.13. The van der Waals surface area contributed by atoms with E-state index in [1.54, 1.807) is 36.4 Å². The van der Waals surface area contributed by atoms with Crippen LogP contribution in [0.25, 0.3) is 6.08 Å². The fourth-order valence-electron chi connectivity index (χ4n) is 2.54. The Morgan fingerprint density at radius 2 is 1.96 bits per heavy atom. The van der Waals surface area contributed by atoms with Crippen LogP contribution in [0.4, 0.5) is 0 Å². The van der Waals surface area contributed by atoms with Crippen molar-refractivity contribution in [2.75, 3.05) is 20.3 Å². The van der Waals surface area contributed by atoms with Crippen LogP contribution in [0.2, 0.25) is 0 Å². The SMILES string of the molecule is CCNC(=O)COc1ccc(/C=C(\C#N)C(=O)c2cccc(C)c2)cc1OC. The lowest BCUT2D eigenvalue weighted by molar-refractivity contribution is -0.123. The lowest BCUT2D eigenvalue weighted by atomic mass is 10.0. The van der Waals surface area contributed by atoms with Gasteiger partial charge in [-0.1, -0.05) is 29.8 Å². The first-order chi connectivity index (χ1) is 13.5. The largest absolute Gasteiger partial charge is 0.493 e. The number of nitriles is 1. The molecule has 0 aliphatic carbocycles. The van der Waals surface area contributed by atoms with Crippen molar-refractivity contribution < 1.29 is 19.1 Å². The lowest BCUT2D eigenvalue weighted by Crippen LogP contribution is -2.28. The zero-order valence-corrected chi connectivity index (χ0v) is 16.1. The van der Waals surface area contributed by atoms with E-state index in [1.807, 2.05) is 26.0 Å². The fraction of sp³-hybridized carbons (Fsp3) is 0.227. The second kappa shape index (κ2) is 9.93. The van der Waals surface area contributed by atoms with Crippen LogP contribution in [0.1, 0.15) is 28.4 Å². The average molecular weight is 378 g/mol. The number of hydrogen-bond donors (Lipinski definition) is 1. The van der Waals surface area contributed by atoms with Gasteiger partial charge in [0.15, 0.2) is 18.1 Å². The summed E-state index contributed by atoms with van der Waals surface area (Å²) in [7, 11) is 1.48. The van der Waals surface area contributed by atoms with E-state index in [1.165, 1.54) is 13.2 Å². The molecule has 0 unspecified atom stereocenters. The summed E-state index contributed by atoms with van der Waals surface area (Å²) in [5, 5.41) is 12.1. The highest BCUT2D eigenvalue weighted by molar-refractivity contribution is 6.14. The van der Waals surface area contributed by atoms with Crippen molar-refractivity contribution in [3.05, 3.63) is 64.7 Å². The minimum Gasteiger partial charge on any atom is -0.493 e. The second-order valence-corrected chi connectivity index (χ2v) is 6.02. The van der Waals surface area contributed by atoms with Crippen LogP contribution in [0.3, 0.4) is 0 Å². The Bertz CT molecular complexity index is 942. The van der Waals surface area contributed by atoms with Crippen LogP contribution in [-0.2, 0) is 4.79 Å². The van der Waals surface area contributed by atoms with Crippen LogP contribution in [0, 0.1) is 18.3 Å². The van der Waals surface area contributed by atoms with E-state index in [0.717, 1.165) is 5.56 Å². The van der Waals surface area contributed by atoms with Gasteiger partial charge in [0.2, 0.25) is 5.78 Å². The molecular weight excluding hydrogens is 356 g/mol. The number of allylic oxidation sites excluding steroid dienone is 1. The highest BCUT2D eigenvalue weighted by Crippen LogP contribution is 2.29. The van der Waals surface area contributed by atoms with Gasteiger partial charge in [0, 0.05) is 12.1 Å². The number of Topliss-reactive ketones (excluding diaryl/α,β-unsaturated/α-hetero) is 1. The molecule has 0 aliphatic heterocycles. The van der Waals surface area contributed by atoms with E-state index in [9.17, 15) is 14.9 Å². The molecular formula is C22H22N2O4. The maximum absolute atomic E-state index is 12.6. The smallest absolute Gasteiger partial charge is 0.257 e. The summed E-state index contributed by atoms with van der Waals surface area (Å²) in [6.45, 7) is 4.10. The minimum absolute atomic E-state index is 0.0173. The van der Waals surface area contributed by atoms with Gasteiger partial charge < -0.3 is 14.8 Å². The number of ketones is 1. The maximum atomic E-state index is 12.6. The molecule has 144 valence electrons. The summed E-state index contributed by atoms with van der Waals surface area (Å²) in [6, 6.07) is 14.0. The molecule has 0 heterocycles. The van der Waals surface area contributed by atoms with Crippen LogP contribution >= 0.6 is 0 Å². The van der Waals surface area contributed by atoms with E-state index < -0.39 is 0 Å². The van der Waals surface area contributed by atoms with Crippen LogP contribution in [-0.4, -0.2) is 32.0 Å². The molecule has 0 bridgehead atoms. The molecule has 6 heteroatoms. The van der Waals surface area contributed by atoms with Crippen molar-refractivity contribution >= 4 is 17.8 Å². The van der Waals surface area contributed by atoms with Gasteiger partial charge in [-0.25, -0.2) is 0 Å². The third kappa shape index (κ3) is 5.45. The first kappa shape index (κ1) is 20.7. The molecule has 1 amide bonds. The number of carbonyl (C=O) groups is 2. The Morgan fingerprint density at radius 3 is 2.61 bits per heavy atom. The minimum atomic E-state index is -0.346. The summed E-state index contributed by atoms with van der Waals surface area (Å²) < 4.78 is 10.8. The number of hydrogen-bond acceptors (Lipinski definition) is 5. The van der Waals surface area contributed by atoms with E-state index in [2.05, 4.69) is 5.32 Å². The first-order valence-corrected chi connectivity index (χ1v) is 8.79. The number of rotatable bonds is 8. The maximum Gasteiger partial charge on any atom is 0.257 e. The average Bonchev–Trinajstić information content (AvgIpc) is 2.70. The topological polar surface area (TPSA) is 88.4 Å². The molecule has 0 aromatic heterocycles. The Balaban J connectivity index is 2.25. The van der Waals surface area contributed by atoms with Crippen LogP contribution < -0.4 is 14.8 Å². The summed E-state index contributed by atoms with van der Waals surface area (Å²) in [6.07, 6.45) is 1.50. The summed E-state index contributed by atoms with van der Waals surface area (Å²) in [5.74, 6) is 0.221. The molecule has 2 rings (SSSR count). The van der Waals surface area contributed by atoms with Gasteiger partial charge in [-0.05, 0) is 43.7 Å². The predicted octanol–water partition coefficient (Wildman–Crippen LogP) is 3.31. The molecule has 0 saturated carbocycles. The first-order valence-electron chi connectivity index (χ1n) is 8.79. The van der Waals surface area contributed by atoms with Crippen LogP contribution in [0.15, 0.2) is 48.0 Å². The molecule has 0 saturated heterocycles. The van der Waals surface area contributed by atoms with Gasteiger partial charge in [-0.3, -0.25) is 9.59 Å². The van der Waals surface area contributed by atoms with Crippen molar-refractivity contribution in [1.29, 1.82) is 5.26 Å². The van der Waals surface area contributed by atoms with Gasteiger partial charge in [-0.2, -0.15) is 5.26 Å². The Kier molecular flexibility index (Phi) is 7.35. The van der Waals surface area contributed by atoms with Gasteiger partial charge in [-0.15, -0.1) is 0 Å². The molecule has 0 spiro atoms. The Morgan fingerprint density at radius 1 is 1.18 bits per heavy atom. The summed E-state index contributed by atoms with van der Waals surface area (Å²) >= 11 is 0. The Labute approximate surface area is 164 Å². The molecule has 2 aromatic rings. The van der Waals surface area contributed by atoms with Crippen molar-refractivity contribution in [2.45, 2.75) is 13.8 Å². The number of amides is 1. The number of likely N-dealkylation sites (N-methyl/N-ethyl adjacent to an activating group) is 1. The van der Waals surface area contributed by atoms with E-state index in [4.69, 9.17) is 9.47 Å². The van der Waals surface area contributed by atoms with E-state index in [-0.39, 0.29) is 23.9 Å². The highest BCUT2D eigenvalue weighted by atomic mass is 16.5. The van der Waals surface area contributed by atoms with E-state index >= 15 is 0 Å². The number of aryl methyl sites for hydroxylation is 1. The van der Waals surface area contributed by atoms with E-state index in [0.29, 0.717) is 29.2 Å². The number of nitrogens with zero attached hydrogens (tertiary/aromatic N) is 1. The van der Waals surface area contributed by atoms with Crippen molar-refractivity contribution in [3.8, 4) is 17.6 Å². The molecule has 0 radical (unpaired) electrons. The number of nitrogens with one attached hydrogen (secondary N) is 1. The molecule has 6 nitrogen and oxygen atoms in total.